The lowest BCUT2D eigenvalue weighted by Gasteiger charge is -2.15. The van der Waals surface area contributed by atoms with Crippen molar-refractivity contribution in [3.05, 3.63) is 29.8 Å². The van der Waals surface area contributed by atoms with Gasteiger partial charge in [-0.25, -0.2) is 0 Å². The van der Waals surface area contributed by atoms with Gasteiger partial charge in [0.05, 0.1) is 6.61 Å². The number of hydrogen-bond donors (Lipinski definition) is 0. The monoisotopic (exact) mass is 416 g/mol. The second-order valence-electron chi connectivity index (χ2n) is 9.74. The molecular weight excluding hydrogens is 364 g/mol. The van der Waals surface area contributed by atoms with Crippen LogP contribution in [0.25, 0.3) is 0 Å². The molecule has 0 fully saturated rings. The number of ether oxygens (including phenoxy) is 1. The van der Waals surface area contributed by atoms with Crippen molar-refractivity contribution in [3.8, 4) is 5.75 Å². The van der Waals surface area contributed by atoms with Crippen molar-refractivity contribution in [1.82, 2.24) is 0 Å². The van der Waals surface area contributed by atoms with Gasteiger partial charge in [0.1, 0.15) is 5.75 Å². The Morgan fingerprint density at radius 3 is 2.07 bits per heavy atom. The van der Waals surface area contributed by atoms with Crippen LogP contribution in [0.2, 0.25) is 0 Å². The molecule has 2 unspecified atom stereocenters. The van der Waals surface area contributed by atoms with Crippen LogP contribution >= 0.6 is 0 Å². The van der Waals surface area contributed by atoms with E-state index in [-0.39, 0.29) is 0 Å². The Kier molecular flexibility index (Phi) is 16.9. The summed E-state index contributed by atoms with van der Waals surface area (Å²) in [4.78, 5) is 0. The fraction of sp³-hybridized carbons (Fsp3) is 0.793. The van der Waals surface area contributed by atoms with Gasteiger partial charge in [0, 0.05) is 0 Å². The highest BCUT2D eigenvalue weighted by molar-refractivity contribution is 5.33. The van der Waals surface area contributed by atoms with Gasteiger partial charge in [-0.2, -0.15) is 0 Å². The van der Waals surface area contributed by atoms with Crippen molar-refractivity contribution in [1.29, 1.82) is 0 Å². The molecule has 0 saturated carbocycles. The van der Waals surface area contributed by atoms with Gasteiger partial charge in [-0.15, -0.1) is 0 Å². The van der Waals surface area contributed by atoms with Gasteiger partial charge in [0.2, 0.25) is 0 Å². The summed E-state index contributed by atoms with van der Waals surface area (Å²) in [6.45, 7) is 10.3. The molecule has 1 heteroatoms. The molecule has 1 rings (SSSR count). The third kappa shape index (κ3) is 14.1. The fourth-order valence-corrected chi connectivity index (χ4v) is 4.40. The summed E-state index contributed by atoms with van der Waals surface area (Å²) in [6.07, 6.45) is 21.5. The van der Waals surface area contributed by atoms with Gasteiger partial charge in [-0.05, 0) is 49.1 Å². The largest absolute Gasteiger partial charge is 0.493 e. The highest BCUT2D eigenvalue weighted by Gasteiger charge is 2.07. The molecule has 0 bridgehead atoms. The van der Waals surface area contributed by atoms with E-state index in [1.165, 1.54) is 108 Å². The molecular formula is C29H52O. The summed E-state index contributed by atoms with van der Waals surface area (Å²) >= 11 is 0. The minimum atomic E-state index is 0.874. The summed E-state index contributed by atoms with van der Waals surface area (Å²) in [5.41, 5.74) is 1.40. The lowest BCUT2D eigenvalue weighted by atomic mass is 9.91. The van der Waals surface area contributed by atoms with Gasteiger partial charge < -0.3 is 4.74 Å². The van der Waals surface area contributed by atoms with E-state index in [0.29, 0.717) is 0 Å². The summed E-state index contributed by atoms with van der Waals surface area (Å²) in [5.74, 6) is 2.94. The quantitative estimate of drug-likeness (QED) is 0.192. The first-order chi connectivity index (χ1) is 14.7. The van der Waals surface area contributed by atoms with E-state index in [1.807, 2.05) is 0 Å². The van der Waals surface area contributed by atoms with Crippen LogP contribution in [0, 0.1) is 11.8 Å². The van der Waals surface area contributed by atoms with E-state index in [1.54, 1.807) is 0 Å². The number of hydrogen-bond acceptors (Lipinski definition) is 1. The van der Waals surface area contributed by atoms with Crippen LogP contribution in [-0.2, 0) is 6.42 Å². The molecule has 0 aliphatic heterocycles. The maximum absolute atomic E-state index is 6.11. The van der Waals surface area contributed by atoms with Gasteiger partial charge in [-0.3, -0.25) is 0 Å². The summed E-state index contributed by atoms with van der Waals surface area (Å²) in [6, 6.07) is 8.69. The molecule has 0 heterocycles. The van der Waals surface area contributed by atoms with E-state index in [9.17, 15) is 0 Å². The highest BCUT2D eigenvalue weighted by atomic mass is 16.5. The molecule has 1 aromatic carbocycles. The second kappa shape index (κ2) is 18.8. The molecule has 1 aromatic rings. The van der Waals surface area contributed by atoms with Crippen molar-refractivity contribution in [2.75, 3.05) is 6.61 Å². The number of rotatable bonds is 20. The Morgan fingerprint density at radius 1 is 0.700 bits per heavy atom. The van der Waals surface area contributed by atoms with E-state index in [0.717, 1.165) is 24.2 Å². The zero-order valence-electron chi connectivity index (χ0n) is 20.9. The molecule has 174 valence electrons. The first-order valence-corrected chi connectivity index (χ1v) is 13.4. The summed E-state index contributed by atoms with van der Waals surface area (Å²) in [5, 5.41) is 0. The van der Waals surface area contributed by atoms with Gasteiger partial charge in [0.15, 0.2) is 0 Å². The van der Waals surface area contributed by atoms with Crippen LogP contribution in [0.15, 0.2) is 24.3 Å². The maximum Gasteiger partial charge on any atom is 0.122 e. The fourth-order valence-electron chi connectivity index (χ4n) is 4.40. The number of para-hydroxylation sites is 1. The third-order valence-corrected chi connectivity index (χ3v) is 6.62. The first-order valence-electron chi connectivity index (χ1n) is 13.4. The minimum absolute atomic E-state index is 0.874. The molecule has 0 spiro atoms. The van der Waals surface area contributed by atoms with E-state index < -0.39 is 0 Å². The molecule has 0 amide bonds. The molecule has 0 saturated heterocycles. The lowest BCUT2D eigenvalue weighted by molar-refractivity contribution is 0.301. The van der Waals surface area contributed by atoms with Crippen LogP contribution in [0.4, 0.5) is 0 Å². The predicted octanol–water partition coefficient (Wildman–Crippen LogP) is 9.77. The molecule has 30 heavy (non-hydrogen) atoms. The molecule has 1 nitrogen and oxygen atoms in total. The topological polar surface area (TPSA) is 9.23 Å². The smallest absolute Gasteiger partial charge is 0.122 e. The second-order valence-corrected chi connectivity index (χ2v) is 9.74. The Labute approximate surface area is 189 Å². The molecule has 0 aromatic heterocycles. The number of unbranched alkanes of at least 4 members (excludes halogenated alkanes) is 10. The Hall–Kier alpha value is -0.980. The van der Waals surface area contributed by atoms with Crippen LogP contribution in [0.1, 0.15) is 130 Å². The maximum atomic E-state index is 6.11. The summed E-state index contributed by atoms with van der Waals surface area (Å²) < 4.78 is 6.11. The zero-order chi connectivity index (χ0) is 21.9. The molecule has 0 radical (unpaired) electrons. The average Bonchev–Trinajstić information content (AvgIpc) is 2.75. The van der Waals surface area contributed by atoms with Gasteiger partial charge in [0.25, 0.3) is 0 Å². The van der Waals surface area contributed by atoms with Crippen molar-refractivity contribution < 1.29 is 4.74 Å². The minimum Gasteiger partial charge on any atom is -0.493 e. The zero-order valence-corrected chi connectivity index (χ0v) is 20.9. The average molecular weight is 417 g/mol. The first kappa shape index (κ1) is 27.1. The molecule has 0 aliphatic rings. The van der Waals surface area contributed by atoms with Crippen LogP contribution < -0.4 is 4.74 Å². The number of benzene rings is 1. The molecule has 0 aliphatic carbocycles. The van der Waals surface area contributed by atoms with E-state index >= 15 is 0 Å². The normalized spacial score (nSPS) is 13.3. The van der Waals surface area contributed by atoms with Crippen LogP contribution in [0.3, 0.4) is 0 Å². The Balaban J connectivity index is 2.07. The van der Waals surface area contributed by atoms with E-state index in [2.05, 4.69) is 52.0 Å². The number of aryl methyl sites for hydroxylation is 1. The van der Waals surface area contributed by atoms with E-state index in [4.69, 9.17) is 4.74 Å². The van der Waals surface area contributed by atoms with Crippen molar-refractivity contribution in [2.24, 2.45) is 11.8 Å². The Morgan fingerprint density at radius 2 is 1.33 bits per heavy atom. The molecule has 0 N–H and O–H groups in total. The van der Waals surface area contributed by atoms with Gasteiger partial charge in [-0.1, -0.05) is 123 Å². The third-order valence-electron chi connectivity index (χ3n) is 6.62. The van der Waals surface area contributed by atoms with Crippen molar-refractivity contribution in [3.63, 3.8) is 0 Å². The highest BCUT2D eigenvalue weighted by Crippen LogP contribution is 2.23. The van der Waals surface area contributed by atoms with Gasteiger partial charge >= 0.3 is 0 Å². The standard InChI is InChI=1S/C29H52O/c1-5-7-8-9-14-19-24-30-29-23-18-17-22-28(29)21-16-13-11-10-12-15-20-27(4)25-26(3)6-2/h17-18,22-23,26-27H,5-16,19-21,24-25H2,1-4H3. The summed E-state index contributed by atoms with van der Waals surface area (Å²) in [7, 11) is 0. The lowest BCUT2D eigenvalue weighted by Crippen LogP contribution is -2.02. The van der Waals surface area contributed by atoms with Crippen LogP contribution in [0.5, 0.6) is 5.75 Å². The molecule has 2 atom stereocenters. The van der Waals surface area contributed by atoms with Crippen molar-refractivity contribution in [2.45, 2.75) is 130 Å². The SMILES string of the molecule is CCCCCCCCOc1ccccc1CCCCCCCCC(C)CC(C)CC. The Bertz CT molecular complexity index is 495. The van der Waals surface area contributed by atoms with Crippen molar-refractivity contribution >= 4 is 0 Å². The predicted molar refractivity (Wildman–Crippen MR) is 135 cm³/mol. The van der Waals surface area contributed by atoms with Crippen LogP contribution in [-0.4, -0.2) is 6.61 Å².